The van der Waals surface area contributed by atoms with Crippen molar-refractivity contribution in [3.8, 4) is 11.1 Å². The maximum Gasteiger partial charge on any atom is 0.337 e. The first-order valence-electron chi connectivity index (χ1n) is 8.61. The van der Waals surface area contributed by atoms with Gasteiger partial charge in [0.15, 0.2) is 0 Å². The van der Waals surface area contributed by atoms with Crippen molar-refractivity contribution in [1.82, 2.24) is 4.98 Å². The van der Waals surface area contributed by atoms with Gasteiger partial charge in [-0.05, 0) is 42.7 Å². The Morgan fingerprint density at radius 2 is 1.78 bits per heavy atom. The third-order valence-electron chi connectivity index (χ3n) is 4.89. The van der Waals surface area contributed by atoms with E-state index in [1.807, 2.05) is 48.5 Å². The van der Waals surface area contributed by atoms with Crippen LogP contribution in [0.4, 0.5) is 5.69 Å². The second kappa shape index (κ2) is 6.29. The van der Waals surface area contributed by atoms with Crippen LogP contribution < -0.4 is 5.32 Å². The standard InChI is InChI=1S/C22H18N2O3/c1-12-18(23-13(2)19(12)22(26)27)11-16-20-15(14-7-4-3-5-8-14)9-6-10-17(20)24-21(16)25/h3-11,23H,1-2H3,(H,24,25)(H,26,27). The summed E-state index contributed by atoms with van der Waals surface area (Å²) >= 11 is 0. The molecule has 2 aromatic carbocycles. The van der Waals surface area contributed by atoms with Gasteiger partial charge in [0.25, 0.3) is 5.91 Å². The zero-order valence-electron chi connectivity index (χ0n) is 15.0. The van der Waals surface area contributed by atoms with Gasteiger partial charge in [-0.25, -0.2) is 4.79 Å². The maximum atomic E-state index is 12.6. The Morgan fingerprint density at radius 1 is 1.04 bits per heavy atom. The number of fused-ring (bicyclic) bond motifs is 1. The molecule has 1 aliphatic rings. The molecule has 0 radical (unpaired) electrons. The number of carboxylic acids is 1. The molecule has 27 heavy (non-hydrogen) atoms. The van der Waals surface area contributed by atoms with Crippen molar-refractivity contribution >= 4 is 29.2 Å². The number of rotatable bonds is 3. The van der Waals surface area contributed by atoms with Crippen molar-refractivity contribution in [1.29, 1.82) is 0 Å². The van der Waals surface area contributed by atoms with Gasteiger partial charge in [0.2, 0.25) is 0 Å². The molecule has 5 heteroatoms. The lowest BCUT2D eigenvalue weighted by atomic mass is 9.94. The van der Waals surface area contributed by atoms with E-state index >= 15 is 0 Å². The van der Waals surface area contributed by atoms with Gasteiger partial charge in [-0.1, -0.05) is 42.5 Å². The third-order valence-corrected chi connectivity index (χ3v) is 4.89. The van der Waals surface area contributed by atoms with Crippen LogP contribution in [0.25, 0.3) is 22.8 Å². The first-order valence-corrected chi connectivity index (χ1v) is 8.61. The van der Waals surface area contributed by atoms with Crippen molar-refractivity contribution in [3.05, 3.63) is 76.6 Å². The number of aromatic nitrogens is 1. The molecule has 1 amide bonds. The molecule has 0 fully saturated rings. The number of aryl methyl sites for hydroxylation is 1. The van der Waals surface area contributed by atoms with Crippen LogP contribution in [0.2, 0.25) is 0 Å². The maximum absolute atomic E-state index is 12.6. The number of hydrogen-bond donors (Lipinski definition) is 3. The highest BCUT2D eigenvalue weighted by Crippen LogP contribution is 2.40. The average Bonchev–Trinajstić information content (AvgIpc) is 3.11. The Morgan fingerprint density at radius 3 is 2.44 bits per heavy atom. The average molecular weight is 358 g/mol. The molecule has 2 heterocycles. The second-order valence-electron chi connectivity index (χ2n) is 6.58. The van der Waals surface area contributed by atoms with E-state index in [0.29, 0.717) is 22.5 Å². The summed E-state index contributed by atoms with van der Waals surface area (Å²) < 4.78 is 0. The van der Waals surface area contributed by atoms with Gasteiger partial charge in [-0.15, -0.1) is 0 Å². The highest BCUT2D eigenvalue weighted by Gasteiger charge is 2.28. The summed E-state index contributed by atoms with van der Waals surface area (Å²) in [4.78, 5) is 27.2. The first kappa shape index (κ1) is 16.8. The van der Waals surface area contributed by atoms with Gasteiger partial charge in [-0.3, -0.25) is 4.79 Å². The minimum Gasteiger partial charge on any atom is -0.478 e. The van der Waals surface area contributed by atoms with E-state index in [2.05, 4.69) is 10.3 Å². The molecule has 134 valence electrons. The topological polar surface area (TPSA) is 82.2 Å². The van der Waals surface area contributed by atoms with Gasteiger partial charge in [-0.2, -0.15) is 0 Å². The summed E-state index contributed by atoms with van der Waals surface area (Å²) in [6.45, 7) is 3.47. The number of aromatic carboxylic acids is 1. The van der Waals surface area contributed by atoms with E-state index in [9.17, 15) is 14.7 Å². The molecule has 4 rings (SSSR count). The number of amides is 1. The summed E-state index contributed by atoms with van der Waals surface area (Å²) in [5, 5.41) is 12.3. The Kier molecular flexibility index (Phi) is 3.92. The lowest BCUT2D eigenvalue weighted by Crippen LogP contribution is -2.03. The number of carboxylic acid groups (broad SMARTS) is 1. The Labute approximate surface area is 156 Å². The third kappa shape index (κ3) is 2.73. The molecule has 0 saturated carbocycles. The van der Waals surface area contributed by atoms with Gasteiger partial charge in [0.1, 0.15) is 0 Å². The monoisotopic (exact) mass is 358 g/mol. The number of aromatic amines is 1. The van der Waals surface area contributed by atoms with E-state index in [1.165, 1.54) is 0 Å². The number of carbonyl (C=O) groups is 2. The molecule has 5 nitrogen and oxygen atoms in total. The number of carbonyl (C=O) groups excluding carboxylic acids is 1. The van der Waals surface area contributed by atoms with Gasteiger partial charge >= 0.3 is 5.97 Å². The van der Waals surface area contributed by atoms with Crippen LogP contribution in [0, 0.1) is 13.8 Å². The molecule has 0 unspecified atom stereocenters. The smallest absolute Gasteiger partial charge is 0.337 e. The zero-order chi connectivity index (χ0) is 19.1. The number of anilines is 1. The van der Waals surface area contributed by atoms with Crippen molar-refractivity contribution in [3.63, 3.8) is 0 Å². The highest BCUT2D eigenvalue weighted by molar-refractivity contribution is 6.36. The normalized spacial score (nSPS) is 14.3. The van der Waals surface area contributed by atoms with Crippen LogP contribution in [-0.4, -0.2) is 22.0 Å². The number of nitrogens with one attached hydrogen (secondary N) is 2. The molecular formula is C22H18N2O3. The molecule has 1 aromatic heterocycles. The summed E-state index contributed by atoms with van der Waals surface area (Å²) in [5.41, 5.74) is 6.14. The highest BCUT2D eigenvalue weighted by atomic mass is 16.4. The SMILES string of the molecule is Cc1[nH]c(C=C2C(=O)Nc3cccc(-c4ccccc4)c32)c(C)c1C(=O)O. The van der Waals surface area contributed by atoms with Crippen molar-refractivity contribution < 1.29 is 14.7 Å². The summed E-state index contributed by atoms with van der Waals surface area (Å²) in [7, 11) is 0. The molecule has 3 N–H and O–H groups in total. The fourth-order valence-electron chi connectivity index (χ4n) is 3.63. The van der Waals surface area contributed by atoms with E-state index in [1.54, 1.807) is 19.9 Å². The lowest BCUT2D eigenvalue weighted by Gasteiger charge is -2.08. The molecule has 0 saturated heterocycles. The Hall–Kier alpha value is -3.60. The lowest BCUT2D eigenvalue weighted by molar-refractivity contribution is -0.110. The van der Waals surface area contributed by atoms with E-state index in [0.717, 1.165) is 22.4 Å². The van der Waals surface area contributed by atoms with E-state index in [4.69, 9.17) is 0 Å². The number of benzene rings is 2. The molecule has 0 spiro atoms. The zero-order valence-corrected chi connectivity index (χ0v) is 15.0. The van der Waals surface area contributed by atoms with Crippen molar-refractivity contribution in [2.75, 3.05) is 5.32 Å². The van der Waals surface area contributed by atoms with Crippen LogP contribution in [0.3, 0.4) is 0 Å². The minimum atomic E-state index is -0.979. The quantitative estimate of drug-likeness (QED) is 0.603. The molecule has 0 aliphatic carbocycles. The van der Waals surface area contributed by atoms with Crippen LogP contribution in [0.1, 0.15) is 32.9 Å². The van der Waals surface area contributed by atoms with Crippen LogP contribution >= 0.6 is 0 Å². The van der Waals surface area contributed by atoms with Crippen LogP contribution in [0.5, 0.6) is 0 Å². The van der Waals surface area contributed by atoms with Crippen molar-refractivity contribution in [2.24, 2.45) is 0 Å². The van der Waals surface area contributed by atoms with E-state index < -0.39 is 5.97 Å². The van der Waals surface area contributed by atoms with E-state index in [-0.39, 0.29) is 11.5 Å². The first-order chi connectivity index (χ1) is 13.0. The predicted molar refractivity (Wildman–Crippen MR) is 106 cm³/mol. The van der Waals surface area contributed by atoms with Gasteiger partial charge in [0, 0.05) is 22.6 Å². The van der Waals surface area contributed by atoms with Crippen LogP contribution in [-0.2, 0) is 4.79 Å². The Balaban J connectivity index is 1.91. The second-order valence-corrected chi connectivity index (χ2v) is 6.58. The molecular weight excluding hydrogens is 340 g/mol. The summed E-state index contributed by atoms with van der Waals surface area (Å²) in [6.07, 6.45) is 1.74. The number of hydrogen-bond acceptors (Lipinski definition) is 2. The molecule has 1 aliphatic heterocycles. The largest absolute Gasteiger partial charge is 0.478 e. The van der Waals surface area contributed by atoms with Crippen molar-refractivity contribution in [2.45, 2.75) is 13.8 Å². The van der Waals surface area contributed by atoms with Gasteiger partial charge in [0.05, 0.1) is 11.1 Å². The van der Waals surface area contributed by atoms with Crippen LogP contribution in [0.15, 0.2) is 48.5 Å². The number of H-pyrrole nitrogens is 1. The van der Waals surface area contributed by atoms with Gasteiger partial charge < -0.3 is 15.4 Å². The summed E-state index contributed by atoms with van der Waals surface area (Å²) in [6, 6.07) is 15.6. The fourth-order valence-corrected chi connectivity index (χ4v) is 3.63. The predicted octanol–water partition coefficient (Wildman–Crippen LogP) is 4.49. The Bertz CT molecular complexity index is 1110. The summed E-state index contributed by atoms with van der Waals surface area (Å²) in [5.74, 6) is -1.18. The molecule has 0 atom stereocenters. The molecule has 3 aromatic rings. The minimum absolute atomic E-state index is 0.197. The fraction of sp³-hybridized carbons (Fsp3) is 0.0909. The molecule has 0 bridgehead atoms.